The fourth-order valence-electron chi connectivity index (χ4n) is 2.82. The van der Waals surface area contributed by atoms with Crippen LogP contribution >= 0.6 is 0 Å². The average molecular weight is 346 g/mol. The van der Waals surface area contributed by atoms with Gasteiger partial charge in [-0.25, -0.2) is 9.97 Å². The van der Waals surface area contributed by atoms with Crippen molar-refractivity contribution in [2.75, 3.05) is 10.6 Å². The van der Waals surface area contributed by atoms with Crippen molar-refractivity contribution in [3.63, 3.8) is 0 Å². The Hall–Kier alpha value is -3.21. The zero-order valence-corrected chi connectivity index (χ0v) is 15.2. The van der Waals surface area contributed by atoms with Gasteiger partial charge in [-0.1, -0.05) is 36.4 Å². The van der Waals surface area contributed by atoms with E-state index in [-0.39, 0.29) is 11.9 Å². The third kappa shape index (κ3) is 4.45. The number of amides is 1. The lowest BCUT2D eigenvalue weighted by atomic mass is 10.1. The number of nitrogens with zero attached hydrogens (tertiary/aromatic N) is 2. The van der Waals surface area contributed by atoms with E-state index in [9.17, 15) is 4.79 Å². The second-order valence-corrected chi connectivity index (χ2v) is 6.37. The van der Waals surface area contributed by atoms with Crippen molar-refractivity contribution in [1.82, 2.24) is 9.97 Å². The zero-order chi connectivity index (χ0) is 18.5. The number of hydrogen-bond acceptors (Lipinski definition) is 4. The molecule has 0 bridgehead atoms. The molecule has 1 heterocycles. The van der Waals surface area contributed by atoms with Gasteiger partial charge in [-0.2, -0.15) is 0 Å². The molecule has 2 aromatic carbocycles. The lowest BCUT2D eigenvalue weighted by molar-refractivity contribution is 0.102. The van der Waals surface area contributed by atoms with Crippen LogP contribution in [0.5, 0.6) is 0 Å². The SMILES string of the molecule is Cc1cc(C)cc(NC(=O)c2ccnc(NC(C)c3ccccc3)n2)c1. The predicted octanol–water partition coefficient (Wildman–Crippen LogP) is 4.52. The summed E-state index contributed by atoms with van der Waals surface area (Å²) in [5.41, 5.74) is 4.41. The van der Waals surface area contributed by atoms with Gasteiger partial charge < -0.3 is 10.6 Å². The molecule has 0 spiro atoms. The average Bonchev–Trinajstić information content (AvgIpc) is 2.62. The highest BCUT2D eigenvalue weighted by molar-refractivity contribution is 6.03. The molecule has 5 heteroatoms. The van der Waals surface area contributed by atoms with Crippen LogP contribution in [-0.4, -0.2) is 15.9 Å². The topological polar surface area (TPSA) is 66.9 Å². The fourth-order valence-corrected chi connectivity index (χ4v) is 2.82. The molecule has 1 unspecified atom stereocenters. The highest BCUT2D eigenvalue weighted by atomic mass is 16.1. The van der Waals surface area contributed by atoms with Gasteiger partial charge in [0.05, 0.1) is 6.04 Å². The summed E-state index contributed by atoms with van der Waals surface area (Å²) in [6.07, 6.45) is 1.59. The Kier molecular flexibility index (Phi) is 5.27. The minimum absolute atomic E-state index is 0.0360. The summed E-state index contributed by atoms with van der Waals surface area (Å²) >= 11 is 0. The maximum Gasteiger partial charge on any atom is 0.274 e. The number of aromatic nitrogens is 2. The Labute approximate surface area is 153 Å². The van der Waals surface area contributed by atoms with Crippen molar-refractivity contribution in [2.45, 2.75) is 26.8 Å². The Bertz CT molecular complexity index is 889. The van der Waals surface area contributed by atoms with E-state index in [1.807, 2.05) is 63.2 Å². The zero-order valence-electron chi connectivity index (χ0n) is 15.2. The number of hydrogen-bond donors (Lipinski definition) is 2. The van der Waals surface area contributed by atoms with Crippen LogP contribution in [0.3, 0.4) is 0 Å². The lowest BCUT2D eigenvalue weighted by Gasteiger charge is -2.14. The molecule has 3 aromatic rings. The Morgan fingerprint density at radius 2 is 1.69 bits per heavy atom. The molecule has 0 radical (unpaired) electrons. The summed E-state index contributed by atoms with van der Waals surface area (Å²) in [7, 11) is 0. The van der Waals surface area contributed by atoms with E-state index in [2.05, 4.69) is 26.7 Å². The van der Waals surface area contributed by atoms with Gasteiger partial charge in [-0.3, -0.25) is 4.79 Å². The third-order valence-corrected chi connectivity index (χ3v) is 4.01. The minimum atomic E-state index is -0.257. The van der Waals surface area contributed by atoms with Crippen molar-refractivity contribution < 1.29 is 4.79 Å². The first-order valence-electron chi connectivity index (χ1n) is 8.55. The van der Waals surface area contributed by atoms with Gasteiger partial charge in [0.15, 0.2) is 0 Å². The minimum Gasteiger partial charge on any atom is -0.348 e. The first-order chi connectivity index (χ1) is 12.5. The number of anilines is 2. The first-order valence-corrected chi connectivity index (χ1v) is 8.55. The van der Waals surface area contributed by atoms with E-state index in [0.29, 0.717) is 11.6 Å². The van der Waals surface area contributed by atoms with E-state index in [1.165, 1.54) is 0 Å². The van der Waals surface area contributed by atoms with Gasteiger partial charge in [0, 0.05) is 11.9 Å². The second kappa shape index (κ2) is 7.78. The summed E-state index contributed by atoms with van der Waals surface area (Å²) in [6, 6.07) is 17.6. The molecule has 0 aliphatic heterocycles. The second-order valence-electron chi connectivity index (χ2n) is 6.37. The van der Waals surface area contributed by atoms with Crippen molar-refractivity contribution in [1.29, 1.82) is 0 Å². The molecule has 0 aliphatic carbocycles. The Balaban J connectivity index is 1.73. The van der Waals surface area contributed by atoms with Crippen molar-refractivity contribution in [3.05, 3.63) is 83.2 Å². The highest BCUT2D eigenvalue weighted by Crippen LogP contribution is 2.17. The number of carbonyl (C=O) groups excluding carboxylic acids is 1. The summed E-state index contributed by atoms with van der Waals surface area (Å²) in [5.74, 6) is 0.169. The Morgan fingerprint density at radius 3 is 2.38 bits per heavy atom. The third-order valence-electron chi connectivity index (χ3n) is 4.01. The maximum absolute atomic E-state index is 12.5. The number of carbonyl (C=O) groups is 1. The van der Waals surface area contributed by atoms with Crippen LogP contribution in [0.2, 0.25) is 0 Å². The van der Waals surface area contributed by atoms with Gasteiger partial charge in [0.1, 0.15) is 5.69 Å². The molecule has 3 rings (SSSR count). The molecule has 2 N–H and O–H groups in total. The Morgan fingerprint density at radius 1 is 1.00 bits per heavy atom. The first kappa shape index (κ1) is 17.6. The van der Waals surface area contributed by atoms with Gasteiger partial charge >= 0.3 is 0 Å². The number of benzene rings is 2. The van der Waals surface area contributed by atoms with Crippen LogP contribution in [0.1, 0.15) is 40.1 Å². The largest absolute Gasteiger partial charge is 0.348 e. The number of rotatable bonds is 5. The fraction of sp³-hybridized carbons (Fsp3) is 0.190. The van der Waals surface area contributed by atoms with E-state index in [0.717, 1.165) is 22.4 Å². The van der Waals surface area contributed by atoms with Gasteiger partial charge in [0.2, 0.25) is 5.95 Å². The number of aryl methyl sites for hydroxylation is 2. The molecule has 1 aromatic heterocycles. The van der Waals surface area contributed by atoms with Crippen LogP contribution in [-0.2, 0) is 0 Å². The standard InChI is InChI=1S/C21H22N4O/c1-14-11-15(2)13-18(12-14)24-20(26)19-9-10-22-21(25-19)23-16(3)17-7-5-4-6-8-17/h4-13,16H,1-3H3,(H,24,26)(H,22,23,25). The molecular formula is C21H22N4O. The van der Waals surface area contributed by atoms with E-state index < -0.39 is 0 Å². The lowest BCUT2D eigenvalue weighted by Crippen LogP contribution is -2.16. The summed E-state index contributed by atoms with van der Waals surface area (Å²) in [5, 5.41) is 6.13. The van der Waals surface area contributed by atoms with Gasteiger partial charge in [-0.05, 0) is 55.7 Å². The van der Waals surface area contributed by atoms with Crippen LogP contribution in [0.25, 0.3) is 0 Å². The quantitative estimate of drug-likeness (QED) is 0.713. The number of nitrogens with one attached hydrogen (secondary N) is 2. The smallest absolute Gasteiger partial charge is 0.274 e. The molecule has 0 fully saturated rings. The van der Waals surface area contributed by atoms with Gasteiger partial charge in [-0.15, -0.1) is 0 Å². The maximum atomic E-state index is 12.5. The molecular weight excluding hydrogens is 324 g/mol. The molecule has 132 valence electrons. The predicted molar refractivity (Wildman–Crippen MR) is 104 cm³/mol. The van der Waals surface area contributed by atoms with Gasteiger partial charge in [0.25, 0.3) is 5.91 Å². The summed E-state index contributed by atoms with van der Waals surface area (Å²) in [6.45, 7) is 6.03. The summed E-state index contributed by atoms with van der Waals surface area (Å²) in [4.78, 5) is 21.1. The molecule has 5 nitrogen and oxygen atoms in total. The van der Waals surface area contributed by atoms with Crippen LogP contribution < -0.4 is 10.6 Å². The van der Waals surface area contributed by atoms with Crippen molar-refractivity contribution in [3.8, 4) is 0 Å². The molecule has 0 saturated carbocycles. The molecule has 0 aliphatic rings. The van der Waals surface area contributed by atoms with E-state index in [1.54, 1.807) is 12.3 Å². The van der Waals surface area contributed by atoms with Crippen molar-refractivity contribution >= 4 is 17.5 Å². The highest BCUT2D eigenvalue weighted by Gasteiger charge is 2.12. The van der Waals surface area contributed by atoms with E-state index in [4.69, 9.17) is 0 Å². The van der Waals surface area contributed by atoms with Crippen LogP contribution in [0.4, 0.5) is 11.6 Å². The molecule has 26 heavy (non-hydrogen) atoms. The monoisotopic (exact) mass is 346 g/mol. The van der Waals surface area contributed by atoms with Crippen LogP contribution in [0.15, 0.2) is 60.8 Å². The molecule has 1 amide bonds. The van der Waals surface area contributed by atoms with Crippen LogP contribution in [0, 0.1) is 13.8 Å². The molecule has 0 saturated heterocycles. The molecule has 1 atom stereocenters. The normalized spacial score (nSPS) is 11.7. The van der Waals surface area contributed by atoms with Crippen molar-refractivity contribution in [2.24, 2.45) is 0 Å². The summed E-state index contributed by atoms with van der Waals surface area (Å²) < 4.78 is 0. The van der Waals surface area contributed by atoms with E-state index >= 15 is 0 Å².